The van der Waals surface area contributed by atoms with Gasteiger partial charge in [0.2, 0.25) is 0 Å². The van der Waals surface area contributed by atoms with Crippen LogP contribution in [0, 0.1) is 0 Å². The third-order valence-electron chi connectivity index (χ3n) is 4.71. The SMILES string of the molecule is CC(O)C(C)NC(=O)c1cnc2c(-c3cccc(OC(F)F)c3)nn(C(C)C)c2c1. The molecular weight excluding hydrogens is 394 g/mol. The van der Waals surface area contributed by atoms with E-state index in [1.807, 2.05) is 13.8 Å². The maximum atomic E-state index is 12.6. The van der Waals surface area contributed by atoms with Crippen LogP contribution in [0.5, 0.6) is 5.75 Å². The lowest BCUT2D eigenvalue weighted by Crippen LogP contribution is -2.39. The van der Waals surface area contributed by atoms with Crippen LogP contribution in [-0.2, 0) is 0 Å². The predicted molar refractivity (Wildman–Crippen MR) is 109 cm³/mol. The summed E-state index contributed by atoms with van der Waals surface area (Å²) < 4.78 is 31.4. The van der Waals surface area contributed by atoms with Crippen molar-refractivity contribution in [3.05, 3.63) is 42.1 Å². The number of hydrogen-bond donors (Lipinski definition) is 2. The van der Waals surface area contributed by atoms with Gasteiger partial charge in [-0.15, -0.1) is 0 Å². The quantitative estimate of drug-likeness (QED) is 0.610. The number of fused-ring (bicyclic) bond motifs is 1. The van der Waals surface area contributed by atoms with Gasteiger partial charge in [0.25, 0.3) is 5.91 Å². The van der Waals surface area contributed by atoms with E-state index in [0.29, 0.717) is 27.9 Å². The Balaban J connectivity index is 2.05. The number of hydrogen-bond acceptors (Lipinski definition) is 5. The molecule has 9 heteroatoms. The summed E-state index contributed by atoms with van der Waals surface area (Å²) in [4.78, 5) is 17.0. The predicted octanol–water partition coefficient (Wildman–Crippen LogP) is 3.78. The van der Waals surface area contributed by atoms with Crippen molar-refractivity contribution in [2.45, 2.75) is 52.5 Å². The fourth-order valence-corrected chi connectivity index (χ4v) is 2.96. The summed E-state index contributed by atoms with van der Waals surface area (Å²) in [6, 6.07) is 7.49. The lowest BCUT2D eigenvalue weighted by atomic mass is 10.1. The number of aliphatic hydroxyl groups excluding tert-OH is 1. The van der Waals surface area contributed by atoms with Gasteiger partial charge < -0.3 is 15.2 Å². The van der Waals surface area contributed by atoms with Crippen LogP contribution < -0.4 is 10.1 Å². The zero-order valence-electron chi connectivity index (χ0n) is 17.1. The molecule has 2 N–H and O–H groups in total. The van der Waals surface area contributed by atoms with Crippen molar-refractivity contribution in [1.82, 2.24) is 20.1 Å². The number of aliphatic hydroxyl groups is 1. The standard InChI is InChI=1S/C21H24F2N4O3/c1-11(2)27-17-9-15(20(29)25-12(3)13(4)28)10-24-19(17)18(26-27)14-6-5-7-16(8-14)30-21(22)23/h5-13,21,28H,1-4H3,(H,25,29). The second kappa shape index (κ2) is 8.74. The number of halogens is 2. The molecular formula is C21H24F2N4O3. The monoisotopic (exact) mass is 418 g/mol. The molecule has 0 aliphatic carbocycles. The number of alkyl halides is 2. The third kappa shape index (κ3) is 4.56. The smallest absolute Gasteiger partial charge is 0.387 e. The second-order valence-electron chi connectivity index (χ2n) is 7.39. The zero-order chi connectivity index (χ0) is 22.0. The van der Waals surface area contributed by atoms with Gasteiger partial charge in [0.05, 0.1) is 23.2 Å². The van der Waals surface area contributed by atoms with Crippen LogP contribution in [0.15, 0.2) is 36.5 Å². The maximum Gasteiger partial charge on any atom is 0.387 e. The number of rotatable bonds is 7. The number of aromatic nitrogens is 3. The highest BCUT2D eigenvalue weighted by molar-refractivity contribution is 5.99. The normalized spacial score (nSPS) is 13.6. The Morgan fingerprint density at radius 3 is 2.57 bits per heavy atom. The van der Waals surface area contributed by atoms with Crippen LogP contribution in [0.1, 0.15) is 44.1 Å². The average Bonchev–Trinajstić information content (AvgIpc) is 3.06. The number of benzene rings is 1. The zero-order valence-corrected chi connectivity index (χ0v) is 17.1. The second-order valence-corrected chi connectivity index (χ2v) is 7.39. The Morgan fingerprint density at radius 2 is 1.93 bits per heavy atom. The molecule has 0 aliphatic rings. The van der Waals surface area contributed by atoms with Gasteiger partial charge in [-0.2, -0.15) is 13.9 Å². The van der Waals surface area contributed by atoms with Gasteiger partial charge in [0.1, 0.15) is 17.0 Å². The Hall–Kier alpha value is -3.07. The summed E-state index contributed by atoms with van der Waals surface area (Å²) in [7, 11) is 0. The summed E-state index contributed by atoms with van der Waals surface area (Å²) in [5.74, 6) is -0.332. The molecule has 7 nitrogen and oxygen atoms in total. The van der Waals surface area contributed by atoms with E-state index >= 15 is 0 Å². The molecule has 1 aromatic carbocycles. The van der Waals surface area contributed by atoms with E-state index in [1.165, 1.54) is 18.3 Å². The Bertz CT molecular complexity index is 1050. The van der Waals surface area contributed by atoms with Crippen molar-refractivity contribution < 1.29 is 23.4 Å². The van der Waals surface area contributed by atoms with Crippen molar-refractivity contribution in [1.29, 1.82) is 0 Å². The Labute approximate surface area is 172 Å². The van der Waals surface area contributed by atoms with E-state index in [4.69, 9.17) is 0 Å². The largest absolute Gasteiger partial charge is 0.435 e. The summed E-state index contributed by atoms with van der Waals surface area (Å²) in [5.41, 5.74) is 2.58. The minimum Gasteiger partial charge on any atom is -0.435 e. The first-order valence-electron chi connectivity index (χ1n) is 9.59. The van der Waals surface area contributed by atoms with Crippen molar-refractivity contribution in [2.24, 2.45) is 0 Å². The Kier molecular flexibility index (Phi) is 6.31. The number of nitrogens with one attached hydrogen (secondary N) is 1. The molecule has 0 saturated carbocycles. The third-order valence-corrected chi connectivity index (χ3v) is 4.71. The van der Waals surface area contributed by atoms with Crippen molar-refractivity contribution in [3.8, 4) is 17.0 Å². The van der Waals surface area contributed by atoms with E-state index in [2.05, 4.69) is 20.1 Å². The highest BCUT2D eigenvalue weighted by Crippen LogP contribution is 2.31. The van der Waals surface area contributed by atoms with Gasteiger partial charge in [-0.05, 0) is 45.9 Å². The lowest BCUT2D eigenvalue weighted by molar-refractivity contribution is -0.0498. The molecule has 0 fully saturated rings. The van der Waals surface area contributed by atoms with Gasteiger partial charge in [-0.25, -0.2) is 0 Å². The highest BCUT2D eigenvalue weighted by atomic mass is 19.3. The molecule has 0 saturated heterocycles. The number of carbonyl (C=O) groups excluding carboxylic acids is 1. The molecule has 2 unspecified atom stereocenters. The first-order valence-corrected chi connectivity index (χ1v) is 9.59. The molecule has 3 rings (SSSR count). The van der Waals surface area contributed by atoms with Crippen LogP contribution in [-0.4, -0.2) is 44.5 Å². The van der Waals surface area contributed by atoms with Crippen LogP contribution >= 0.6 is 0 Å². The summed E-state index contributed by atoms with van der Waals surface area (Å²) >= 11 is 0. The first kappa shape index (κ1) is 21.6. The molecule has 160 valence electrons. The lowest BCUT2D eigenvalue weighted by Gasteiger charge is -2.16. The number of carbonyl (C=O) groups is 1. The fourth-order valence-electron chi connectivity index (χ4n) is 2.96. The topological polar surface area (TPSA) is 89.3 Å². The van der Waals surface area contributed by atoms with Crippen LogP contribution in [0.2, 0.25) is 0 Å². The van der Waals surface area contributed by atoms with Crippen LogP contribution in [0.25, 0.3) is 22.3 Å². The Morgan fingerprint density at radius 1 is 1.20 bits per heavy atom. The molecule has 30 heavy (non-hydrogen) atoms. The number of ether oxygens (including phenoxy) is 1. The van der Waals surface area contributed by atoms with Gasteiger partial charge in [-0.1, -0.05) is 12.1 Å². The number of amides is 1. The first-order chi connectivity index (χ1) is 14.2. The molecule has 0 aliphatic heterocycles. The molecule has 0 bridgehead atoms. The van der Waals surface area contributed by atoms with E-state index in [9.17, 15) is 18.7 Å². The molecule has 0 spiro atoms. The van der Waals surface area contributed by atoms with Crippen molar-refractivity contribution in [3.63, 3.8) is 0 Å². The molecule has 2 heterocycles. The summed E-state index contributed by atoms with van der Waals surface area (Å²) in [5, 5.41) is 16.9. The van der Waals surface area contributed by atoms with Crippen molar-refractivity contribution in [2.75, 3.05) is 0 Å². The van der Waals surface area contributed by atoms with E-state index in [-0.39, 0.29) is 17.7 Å². The molecule has 2 atom stereocenters. The van der Waals surface area contributed by atoms with Crippen molar-refractivity contribution >= 4 is 16.9 Å². The summed E-state index contributed by atoms with van der Waals surface area (Å²) in [6.45, 7) is 4.26. The minimum absolute atomic E-state index is 0.0258. The fraction of sp³-hybridized carbons (Fsp3) is 0.381. The average molecular weight is 418 g/mol. The number of nitrogens with zero attached hydrogens (tertiary/aromatic N) is 3. The minimum atomic E-state index is -2.92. The highest BCUT2D eigenvalue weighted by Gasteiger charge is 2.20. The van der Waals surface area contributed by atoms with E-state index in [1.54, 1.807) is 36.7 Å². The van der Waals surface area contributed by atoms with Crippen LogP contribution in [0.3, 0.4) is 0 Å². The van der Waals surface area contributed by atoms with Gasteiger partial charge in [0.15, 0.2) is 0 Å². The molecule has 0 radical (unpaired) electrons. The van der Waals surface area contributed by atoms with E-state index < -0.39 is 18.8 Å². The van der Waals surface area contributed by atoms with Gasteiger partial charge >= 0.3 is 6.61 Å². The van der Waals surface area contributed by atoms with Gasteiger partial charge in [0, 0.05) is 17.8 Å². The van der Waals surface area contributed by atoms with E-state index in [0.717, 1.165) is 0 Å². The van der Waals surface area contributed by atoms with Crippen LogP contribution in [0.4, 0.5) is 8.78 Å². The summed E-state index contributed by atoms with van der Waals surface area (Å²) in [6.07, 6.45) is 0.739. The molecule has 1 amide bonds. The van der Waals surface area contributed by atoms with Gasteiger partial charge in [-0.3, -0.25) is 14.5 Å². The maximum absolute atomic E-state index is 12.6. The number of pyridine rings is 1. The molecule has 2 aromatic heterocycles. The molecule has 3 aromatic rings.